The van der Waals surface area contributed by atoms with Gasteiger partial charge in [0.05, 0.1) is 13.2 Å². The molecule has 116 valence electrons. The number of rotatable bonds is 5. The average Bonchev–Trinajstić information content (AvgIpc) is 3.22. The van der Waals surface area contributed by atoms with E-state index in [0.717, 1.165) is 25.9 Å². The van der Waals surface area contributed by atoms with E-state index in [2.05, 4.69) is 24.1 Å². The molecule has 2 aliphatic rings. The van der Waals surface area contributed by atoms with Crippen LogP contribution in [0.3, 0.4) is 0 Å². The van der Waals surface area contributed by atoms with Crippen LogP contribution in [0.1, 0.15) is 39.5 Å². The van der Waals surface area contributed by atoms with Crippen molar-refractivity contribution in [2.24, 2.45) is 11.8 Å². The zero-order valence-electron chi connectivity index (χ0n) is 12.8. The third-order valence-corrected chi connectivity index (χ3v) is 4.54. The number of aliphatic hydroxyl groups is 1. The lowest BCUT2D eigenvalue weighted by atomic mass is 9.88. The Morgan fingerprint density at radius 3 is 2.65 bits per heavy atom. The highest BCUT2D eigenvalue weighted by molar-refractivity contribution is 5.67. The van der Waals surface area contributed by atoms with Crippen LogP contribution in [0.2, 0.25) is 0 Å². The molecule has 5 heteroatoms. The van der Waals surface area contributed by atoms with Crippen molar-refractivity contribution in [3.63, 3.8) is 0 Å². The maximum atomic E-state index is 11.4. The van der Waals surface area contributed by atoms with E-state index in [1.807, 2.05) is 0 Å². The quantitative estimate of drug-likeness (QED) is 0.805. The van der Waals surface area contributed by atoms with Gasteiger partial charge in [-0.25, -0.2) is 4.79 Å². The van der Waals surface area contributed by atoms with E-state index >= 15 is 0 Å². The Morgan fingerprint density at radius 2 is 2.10 bits per heavy atom. The third kappa shape index (κ3) is 4.35. The molecule has 1 aliphatic heterocycles. The number of carbonyl (C=O) groups is 1. The summed E-state index contributed by atoms with van der Waals surface area (Å²) in [5.74, 6) is 0.973. The van der Waals surface area contributed by atoms with Gasteiger partial charge in [0.1, 0.15) is 0 Å². The Labute approximate surface area is 121 Å². The van der Waals surface area contributed by atoms with Crippen molar-refractivity contribution in [3.8, 4) is 0 Å². The van der Waals surface area contributed by atoms with Gasteiger partial charge in [0.2, 0.25) is 0 Å². The number of piperidine rings is 1. The summed E-state index contributed by atoms with van der Waals surface area (Å²) in [6.07, 6.45) is 3.61. The largest absolute Gasteiger partial charge is 0.453 e. The molecule has 0 aromatic carbocycles. The molecule has 3 atom stereocenters. The van der Waals surface area contributed by atoms with Crippen LogP contribution in [0.25, 0.3) is 0 Å². The molecule has 2 rings (SSSR count). The van der Waals surface area contributed by atoms with Gasteiger partial charge >= 0.3 is 6.09 Å². The fourth-order valence-electron chi connectivity index (χ4n) is 3.18. The van der Waals surface area contributed by atoms with Gasteiger partial charge in [-0.1, -0.05) is 0 Å². The summed E-state index contributed by atoms with van der Waals surface area (Å²) in [5, 5.41) is 13.1. The zero-order valence-corrected chi connectivity index (χ0v) is 12.8. The zero-order chi connectivity index (χ0) is 14.7. The van der Waals surface area contributed by atoms with Crippen molar-refractivity contribution in [1.82, 2.24) is 10.2 Å². The highest BCUT2D eigenvalue weighted by Crippen LogP contribution is 2.36. The fraction of sp³-hybridized carbons (Fsp3) is 0.933. The van der Waals surface area contributed by atoms with E-state index in [0.29, 0.717) is 17.9 Å². The van der Waals surface area contributed by atoms with Gasteiger partial charge in [-0.2, -0.15) is 0 Å². The summed E-state index contributed by atoms with van der Waals surface area (Å²) in [6.45, 7) is 6.23. The van der Waals surface area contributed by atoms with E-state index in [1.54, 1.807) is 0 Å². The predicted molar refractivity (Wildman–Crippen MR) is 77.5 cm³/mol. The molecule has 0 spiro atoms. The summed E-state index contributed by atoms with van der Waals surface area (Å²) in [7, 11) is 1.40. The number of carbonyl (C=O) groups excluding carboxylic acids is 1. The summed E-state index contributed by atoms with van der Waals surface area (Å²) in [6, 6.07) is 0.577. The third-order valence-electron chi connectivity index (χ3n) is 4.54. The Kier molecular flexibility index (Phi) is 5.27. The normalized spacial score (nSPS) is 29.2. The van der Waals surface area contributed by atoms with Crippen LogP contribution in [0.4, 0.5) is 4.79 Å². The first-order valence-electron chi connectivity index (χ1n) is 7.76. The lowest BCUT2D eigenvalue weighted by Gasteiger charge is -2.40. The highest BCUT2D eigenvalue weighted by Gasteiger charge is 2.35. The van der Waals surface area contributed by atoms with Gasteiger partial charge in [-0.3, -0.25) is 4.90 Å². The predicted octanol–water partition coefficient (Wildman–Crippen LogP) is 1.60. The van der Waals surface area contributed by atoms with E-state index in [-0.39, 0.29) is 18.2 Å². The van der Waals surface area contributed by atoms with Gasteiger partial charge < -0.3 is 15.2 Å². The molecular weight excluding hydrogens is 256 g/mol. The van der Waals surface area contributed by atoms with Gasteiger partial charge in [-0.15, -0.1) is 0 Å². The Morgan fingerprint density at radius 1 is 1.40 bits per heavy atom. The smallest absolute Gasteiger partial charge is 0.407 e. The van der Waals surface area contributed by atoms with E-state index in [1.165, 1.54) is 20.0 Å². The van der Waals surface area contributed by atoms with E-state index < -0.39 is 0 Å². The van der Waals surface area contributed by atoms with Crippen molar-refractivity contribution in [2.45, 2.75) is 57.7 Å². The topological polar surface area (TPSA) is 61.8 Å². The summed E-state index contributed by atoms with van der Waals surface area (Å²) in [4.78, 5) is 13.8. The monoisotopic (exact) mass is 284 g/mol. The SMILES string of the molecule is COC(=O)NC1CC(CC(O)C2CC2)CN(C(C)C)C1. The molecule has 0 aromatic rings. The minimum Gasteiger partial charge on any atom is -0.453 e. The van der Waals surface area contributed by atoms with Crippen molar-refractivity contribution >= 4 is 6.09 Å². The van der Waals surface area contributed by atoms with Gasteiger partial charge in [0.15, 0.2) is 0 Å². The fourth-order valence-corrected chi connectivity index (χ4v) is 3.18. The Hall–Kier alpha value is -0.810. The van der Waals surface area contributed by atoms with Crippen LogP contribution in [0.5, 0.6) is 0 Å². The molecule has 20 heavy (non-hydrogen) atoms. The average molecular weight is 284 g/mol. The molecule has 3 unspecified atom stereocenters. The number of nitrogens with one attached hydrogen (secondary N) is 1. The molecule has 0 bridgehead atoms. The number of amides is 1. The number of hydrogen-bond acceptors (Lipinski definition) is 4. The van der Waals surface area contributed by atoms with Crippen molar-refractivity contribution in [2.75, 3.05) is 20.2 Å². The molecule has 1 saturated heterocycles. The molecule has 1 saturated carbocycles. The lowest BCUT2D eigenvalue weighted by Crippen LogP contribution is -2.53. The maximum Gasteiger partial charge on any atom is 0.407 e. The van der Waals surface area contributed by atoms with Crippen LogP contribution in [0.15, 0.2) is 0 Å². The minimum atomic E-state index is -0.359. The molecular formula is C15H28N2O3. The number of ether oxygens (including phenoxy) is 1. The highest BCUT2D eigenvalue weighted by atomic mass is 16.5. The summed E-state index contributed by atoms with van der Waals surface area (Å²) >= 11 is 0. The molecule has 1 amide bonds. The number of aliphatic hydroxyl groups excluding tert-OH is 1. The maximum absolute atomic E-state index is 11.4. The van der Waals surface area contributed by atoms with E-state index in [4.69, 9.17) is 4.74 Å². The number of nitrogens with zero attached hydrogens (tertiary/aromatic N) is 1. The number of hydrogen-bond donors (Lipinski definition) is 2. The first-order chi connectivity index (χ1) is 9.49. The standard InChI is InChI=1S/C15H28N2O3/c1-10(2)17-8-11(7-14(18)12-4-5-12)6-13(9-17)16-15(19)20-3/h10-14,18H,4-9H2,1-3H3,(H,16,19). The van der Waals surface area contributed by atoms with Gasteiger partial charge in [0, 0.05) is 25.2 Å². The number of alkyl carbamates (subject to hydrolysis) is 1. The second-order valence-corrected chi connectivity index (χ2v) is 6.62. The second kappa shape index (κ2) is 6.76. The molecule has 0 radical (unpaired) electrons. The number of likely N-dealkylation sites (tertiary alicyclic amines) is 1. The minimum absolute atomic E-state index is 0.120. The summed E-state index contributed by atoms with van der Waals surface area (Å²) < 4.78 is 4.70. The Balaban J connectivity index is 1.90. The lowest BCUT2D eigenvalue weighted by molar-refractivity contribution is 0.0613. The van der Waals surface area contributed by atoms with Gasteiger partial charge in [0.25, 0.3) is 0 Å². The van der Waals surface area contributed by atoms with Crippen molar-refractivity contribution in [1.29, 1.82) is 0 Å². The van der Waals surface area contributed by atoms with Crippen LogP contribution in [-0.2, 0) is 4.74 Å². The second-order valence-electron chi connectivity index (χ2n) is 6.62. The molecule has 0 aromatic heterocycles. The van der Waals surface area contributed by atoms with Crippen LogP contribution < -0.4 is 5.32 Å². The van der Waals surface area contributed by atoms with Crippen LogP contribution in [0, 0.1) is 11.8 Å². The van der Waals surface area contributed by atoms with Crippen molar-refractivity contribution in [3.05, 3.63) is 0 Å². The van der Waals surface area contributed by atoms with E-state index in [9.17, 15) is 9.90 Å². The Bertz CT molecular complexity index is 329. The van der Waals surface area contributed by atoms with Crippen LogP contribution in [-0.4, -0.2) is 54.5 Å². The molecule has 2 N–H and O–H groups in total. The first kappa shape index (κ1) is 15.6. The summed E-state index contributed by atoms with van der Waals surface area (Å²) in [5.41, 5.74) is 0. The van der Waals surface area contributed by atoms with Crippen molar-refractivity contribution < 1.29 is 14.6 Å². The first-order valence-corrected chi connectivity index (χ1v) is 7.76. The molecule has 1 aliphatic carbocycles. The molecule has 5 nitrogen and oxygen atoms in total. The molecule has 2 fully saturated rings. The van der Waals surface area contributed by atoms with Crippen LogP contribution >= 0.6 is 0 Å². The van der Waals surface area contributed by atoms with Gasteiger partial charge in [-0.05, 0) is 51.4 Å². The number of methoxy groups -OCH3 is 1. The molecule has 1 heterocycles.